The minimum atomic E-state index is 0.317. The van der Waals surface area contributed by atoms with Gasteiger partial charge in [-0.1, -0.05) is 25.3 Å². The van der Waals surface area contributed by atoms with Crippen molar-refractivity contribution in [2.45, 2.75) is 19.9 Å². The molecule has 1 heteroatoms. The lowest BCUT2D eigenvalue weighted by molar-refractivity contribution is 0.838. The molecule has 0 saturated carbocycles. The molecule has 0 aliphatic heterocycles. The second-order valence-electron chi connectivity index (χ2n) is 2.45. The van der Waals surface area contributed by atoms with Crippen molar-refractivity contribution in [3.05, 3.63) is 37.5 Å². The summed E-state index contributed by atoms with van der Waals surface area (Å²) in [5, 5.41) is 0. The second-order valence-corrected chi connectivity index (χ2v) is 2.45. The van der Waals surface area contributed by atoms with E-state index in [9.17, 15) is 0 Å². The molecule has 0 bridgehead atoms. The lowest BCUT2D eigenvalue weighted by Crippen LogP contribution is -1.95. The van der Waals surface area contributed by atoms with Gasteiger partial charge < -0.3 is 0 Å². The summed E-state index contributed by atoms with van der Waals surface area (Å²) < 4.78 is 0. The standard InChI is InChI=1S/C10H15N/c1-5-7-8-10(6-2)11-9(3)4/h5-9H,1-2H2,3-4H3/b8-7-,11-10?. The zero-order valence-electron chi connectivity index (χ0n) is 7.25. The van der Waals surface area contributed by atoms with Crippen LogP contribution in [0.4, 0.5) is 0 Å². The number of nitrogens with zero attached hydrogens (tertiary/aromatic N) is 1. The first-order valence-corrected chi connectivity index (χ1v) is 3.70. The van der Waals surface area contributed by atoms with Gasteiger partial charge in [0, 0.05) is 6.04 Å². The maximum Gasteiger partial charge on any atom is 0.0571 e. The molecule has 0 fully saturated rings. The number of hydrogen-bond acceptors (Lipinski definition) is 1. The van der Waals surface area contributed by atoms with Gasteiger partial charge >= 0.3 is 0 Å². The van der Waals surface area contributed by atoms with E-state index < -0.39 is 0 Å². The number of allylic oxidation sites excluding steroid dienone is 4. The Kier molecular flexibility index (Phi) is 5.09. The van der Waals surface area contributed by atoms with Crippen LogP contribution in [0.15, 0.2) is 42.5 Å². The van der Waals surface area contributed by atoms with Gasteiger partial charge in [-0.25, -0.2) is 0 Å². The molecule has 0 rings (SSSR count). The normalized spacial score (nSPS) is 12.5. The van der Waals surface area contributed by atoms with Crippen LogP contribution < -0.4 is 0 Å². The highest BCUT2D eigenvalue weighted by molar-refractivity contribution is 6.03. The van der Waals surface area contributed by atoms with Crippen molar-refractivity contribution in [1.82, 2.24) is 0 Å². The number of rotatable bonds is 4. The Morgan fingerprint density at radius 2 is 2.00 bits per heavy atom. The van der Waals surface area contributed by atoms with Crippen LogP contribution in [0.25, 0.3) is 0 Å². The van der Waals surface area contributed by atoms with Crippen LogP contribution in [-0.2, 0) is 0 Å². The van der Waals surface area contributed by atoms with E-state index in [0.29, 0.717) is 6.04 Å². The largest absolute Gasteiger partial charge is 0.283 e. The zero-order chi connectivity index (χ0) is 8.69. The van der Waals surface area contributed by atoms with Crippen molar-refractivity contribution in [3.8, 4) is 0 Å². The first kappa shape index (κ1) is 9.89. The third kappa shape index (κ3) is 5.34. The molecule has 0 heterocycles. The van der Waals surface area contributed by atoms with Crippen molar-refractivity contribution >= 4 is 5.71 Å². The smallest absolute Gasteiger partial charge is 0.0571 e. The summed E-state index contributed by atoms with van der Waals surface area (Å²) in [5.74, 6) is 0. The first-order chi connectivity index (χ1) is 5.20. The molecule has 11 heavy (non-hydrogen) atoms. The monoisotopic (exact) mass is 149 g/mol. The van der Waals surface area contributed by atoms with Crippen LogP contribution in [-0.4, -0.2) is 11.8 Å². The van der Waals surface area contributed by atoms with Gasteiger partial charge in [0.15, 0.2) is 0 Å². The van der Waals surface area contributed by atoms with E-state index in [4.69, 9.17) is 0 Å². The van der Waals surface area contributed by atoms with Gasteiger partial charge in [-0.2, -0.15) is 0 Å². The van der Waals surface area contributed by atoms with E-state index in [1.54, 1.807) is 12.2 Å². The van der Waals surface area contributed by atoms with Gasteiger partial charge in [0.2, 0.25) is 0 Å². The van der Waals surface area contributed by atoms with Crippen LogP contribution in [0.5, 0.6) is 0 Å². The van der Waals surface area contributed by atoms with Crippen molar-refractivity contribution in [3.63, 3.8) is 0 Å². The summed E-state index contributed by atoms with van der Waals surface area (Å²) in [6.45, 7) is 11.3. The molecule has 0 atom stereocenters. The van der Waals surface area contributed by atoms with Gasteiger partial charge in [-0.15, -0.1) is 0 Å². The van der Waals surface area contributed by atoms with Crippen LogP contribution >= 0.6 is 0 Å². The Hall–Kier alpha value is -1.11. The van der Waals surface area contributed by atoms with Crippen molar-refractivity contribution in [2.75, 3.05) is 0 Å². The van der Waals surface area contributed by atoms with E-state index in [1.807, 2.05) is 26.0 Å². The highest BCUT2D eigenvalue weighted by Gasteiger charge is 1.88. The fourth-order valence-corrected chi connectivity index (χ4v) is 0.629. The fourth-order valence-electron chi connectivity index (χ4n) is 0.629. The topological polar surface area (TPSA) is 12.4 Å². The molecule has 0 amide bonds. The molecule has 0 aliphatic carbocycles. The van der Waals surface area contributed by atoms with Crippen LogP contribution in [0.2, 0.25) is 0 Å². The second kappa shape index (κ2) is 5.66. The Morgan fingerprint density at radius 3 is 2.36 bits per heavy atom. The van der Waals surface area contributed by atoms with E-state index in [2.05, 4.69) is 18.2 Å². The van der Waals surface area contributed by atoms with E-state index >= 15 is 0 Å². The van der Waals surface area contributed by atoms with E-state index in [-0.39, 0.29) is 0 Å². The van der Waals surface area contributed by atoms with Gasteiger partial charge in [0.05, 0.1) is 5.71 Å². The average molecular weight is 149 g/mol. The lowest BCUT2D eigenvalue weighted by Gasteiger charge is -1.96. The van der Waals surface area contributed by atoms with Gasteiger partial charge in [-0.3, -0.25) is 4.99 Å². The Bertz CT molecular complexity index is 185. The maximum atomic E-state index is 4.30. The maximum absolute atomic E-state index is 4.30. The quantitative estimate of drug-likeness (QED) is 0.430. The van der Waals surface area contributed by atoms with Gasteiger partial charge in [0.25, 0.3) is 0 Å². The Labute approximate surface area is 68.9 Å². The number of hydrogen-bond donors (Lipinski definition) is 0. The summed E-state index contributed by atoms with van der Waals surface area (Å²) in [4.78, 5) is 4.30. The molecule has 0 unspecified atom stereocenters. The van der Waals surface area contributed by atoms with Crippen molar-refractivity contribution < 1.29 is 0 Å². The third-order valence-corrected chi connectivity index (χ3v) is 1.02. The lowest BCUT2D eigenvalue weighted by atomic mass is 10.3. The predicted molar refractivity (Wildman–Crippen MR) is 52.1 cm³/mol. The minimum Gasteiger partial charge on any atom is -0.283 e. The molecule has 0 aromatic rings. The Balaban J connectivity index is 4.27. The molecular weight excluding hydrogens is 134 g/mol. The SMILES string of the molecule is C=C/C=C\C(C=C)=NC(C)C. The molecule has 0 aromatic heterocycles. The fraction of sp³-hybridized carbons (Fsp3) is 0.300. The zero-order valence-corrected chi connectivity index (χ0v) is 7.25. The molecule has 0 aliphatic rings. The van der Waals surface area contributed by atoms with Crippen LogP contribution in [0, 0.1) is 0 Å². The van der Waals surface area contributed by atoms with Gasteiger partial charge in [-0.05, 0) is 26.0 Å². The van der Waals surface area contributed by atoms with Crippen molar-refractivity contribution in [2.24, 2.45) is 4.99 Å². The van der Waals surface area contributed by atoms with Gasteiger partial charge in [0.1, 0.15) is 0 Å². The minimum absolute atomic E-state index is 0.317. The third-order valence-electron chi connectivity index (χ3n) is 1.02. The summed E-state index contributed by atoms with van der Waals surface area (Å²) >= 11 is 0. The first-order valence-electron chi connectivity index (χ1n) is 3.70. The molecule has 60 valence electrons. The highest BCUT2D eigenvalue weighted by Crippen LogP contribution is 1.91. The van der Waals surface area contributed by atoms with Crippen LogP contribution in [0.1, 0.15) is 13.8 Å². The van der Waals surface area contributed by atoms with E-state index in [1.165, 1.54) is 0 Å². The van der Waals surface area contributed by atoms with E-state index in [0.717, 1.165) is 5.71 Å². The molecule has 0 aromatic carbocycles. The highest BCUT2D eigenvalue weighted by atomic mass is 14.8. The number of aliphatic imine (C=N–C) groups is 1. The molecule has 0 radical (unpaired) electrons. The summed E-state index contributed by atoms with van der Waals surface area (Å²) in [5.41, 5.74) is 0.903. The molecule has 0 spiro atoms. The Morgan fingerprint density at radius 1 is 1.36 bits per heavy atom. The van der Waals surface area contributed by atoms with Crippen LogP contribution in [0.3, 0.4) is 0 Å². The van der Waals surface area contributed by atoms with Crippen molar-refractivity contribution in [1.29, 1.82) is 0 Å². The summed E-state index contributed by atoms with van der Waals surface area (Å²) in [6, 6.07) is 0.317. The summed E-state index contributed by atoms with van der Waals surface area (Å²) in [6.07, 6.45) is 7.20. The summed E-state index contributed by atoms with van der Waals surface area (Å²) in [7, 11) is 0. The molecule has 1 nitrogen and oxygen atoms in total. The average Bonchev–Trinajstić information content (AvgIpc) is 1.97. The molecule has 0 saturated heterocycles. The molecular formula is C10H15N. The predicted octanol–water partition coefficient (Wildman–Crippen LogP) is 2.76. The molecule has 0 N–H and O–H groups in total.